The fraction of sp³-hybridized carbons (Fsp3) is 0.111. The van der Waals surface area contributed by atoms with Gasteiger partial charge in [-0.15, -0.1) is 0 Å². The molecule has 2 nitrogen and oxygen atoms in total. The van der Waals surface area contributed by atoms with Crippen LogP contribution in [0.25, 0.3) is 0 Å². The lowest BCUT2D eigenvalue weighted by molar-refractivity contribution is 0.926. The van der Waals surface area contributed by atoms with Crippen LogP contribution in [-0.4, -0.2) is 5.50 Å². The summed E-state index contributed by atoms with van der Waals surface area (Å²) in [5, 5.41) is 2.73. The minimum absolute atomic E-state index is 0.0128. The number of thioether (sulfide) groups is 1. The molecule has 1 aliphatic heterocycles. The summed E-state index contributed by atoms with van der Waals surface area (Å²) in [6.07, 6.45) is 1.97. The van der Waals surface area contributed by atoms with Crippen molar-refractivity contribution in [1.29, 1.82) is 0 Å². The Morgan fingerprint density at radius 1 is 1.31 bits per heavy atom. The normalized spacial score (nSPS) is 21.1. The van der Waals surface area contributed by atoms with Crippen molar-refractivity contribution in [3.05, 3.63) is 40.9 Å². The first-order valence-electron chi connectivity index (χ1n) is 3.89. The highest BCUT2D eigenvalue weighted by atomic mass is 35.5. The van der Waals surface area contributed by atoms with E-state index in [1.54, 1.807) is 11.8 Å². The first-order chi connectivity index (χ1) is 6.27. The summed E-state index contributed by atoms with van der Waals surface area (Å²) in [6, 6.07) is 7.64. The van der Waals surface area contributed by atoms with Crippen LogP contribution in [-0.2, 0) is 0 Å². The van der Waals surface area contributed by atoms with Gasteiger partial charge < -0.3 is 10.6 Å². The number of nitrogens with zero attached hydrogens (tertiary/aromatic N) is 1. The lowest BCUT2D eigenvalue weighted by Gasteiger charge is -2.20. The van der Waals surface area contributed by atoms with Crippen molar-refractivity contribution in [2.75, 3.05) is 4.90 Å². The van der Waals surface area contributed by atoms with Gasteiger partial charge in [0.05, 0.1) is 0 Å². The van der Waals surface area contributed by atoms with E-state index in [4.69, 9.17) is 17.3 Å². The Bertz CT molecular complexity index is 323. The molecular weight excluding hydrogens is 204 g/mol. The molecule has 1 aromatic carbocycles. The van der Waals surface area contributed by atoms with Crippen molar-refractivity contribution in [2.24, 2.45) is 5.73 Å². The van der Waals surface area contributed by atoms with Crippen molar-refractivity contribution in [3.8, 4) is 0 Å². The molecule has 1 heterocycles. The van der Waals surface area contributed by atoms with Crippen molar-refractivity contribution in [1.82, 2.24) is 0 Å². The van der Waals surface area contributed by atoms with Crippen LogP contribution < -0.4 is 10.6 Å². The molecule has 0 saturated heterocycles. The Hall–Kier alpha value is -0.640. The number of hydrogen-bond donors (Lipinski definition) is 1. The summed E-state index contributed by atoms with van der Waals surface area (Å²) >= 11 is 7.38. The second-order valence-electron chi connectivity index (χ2n) is 2.70. The predicted molar refractivity (Wildman–Crippen MR) is 58.6 cm³/mol. The van der Waals surface area contributed by atoms with Crippen LogP contribution in [0, 0.1) is 0 Å². The molecule has 0 spiro atoms. The van der Waals surface area contributed by atoms with Crippen LogP contribution in [0.4, 0.5) is 5.69 Å². The molecule has 68 valence electrons. The maximum Gasteiger partial charge on any atom is 0.133 e. The van der Waals surface area contributed by atoms with Crippen molar-refractivity contribution in [3.63, 3.8) is 0 Å². The summed E-state index contributed by atoms with van der Waals surface area (Å²) in [7, 11) is 0. The van der Waals surface area contributed by atoms with Crippen LogP contribution in [0.3, 0.4) is 0 Å². The van der Waals surface area contributed by atoms with Crippen molar-refractivity contribution >= 4 is 29.1 Å². The van der Waals surface area contributed by atoms with Gasteiger partial charge in [0.25, 0.3) is 0 Å². The van der Waals surface area contributed by atoms with Gasteiger partial charge in [-0.25, -0.2) is 0 Å². The molecule has 0 saturated carbocycles. The molecule has 1 aromatic rings. The molecule has 13 heavy (non-hydrogen) atoms. The Kier molecular flexibility index (Phi) is 2.49. The number of hydrogen-bond acceptors (Lipinski definition) is 3. The lowest BCUT2D eigenvalue weighted by Crippen LogP contribution is -2.31. The topological polar surface area (TPSA) is 29.3 Å². The standard InChI is InChI=1S/C9H9ClN2S/c10-7-1-3-8(4-2-7)12-5-6-13-9(12)11/h1-6,9H,11H2. The Morgan fingerprint density at radius 3 is 2.54 bits per heavy atom. The van der Waals surface area contributed by atoms with E-state index in [-0.39, 0.29) is 5.50 Å². The third-order valence-electron chi connectivity index (χ3n) is 1.84. The molecule has 1 atom stereocenters. The van der Waals surface area contributed by atoms with E-state index < -0.39 is 0 Å². The zero-order valence-corrected chi connectivity index (χ0v) is 8.42. The van der Waals surface area contributed by atoms with E-state index in [9.17, 15) is 0 Å². The van der Waals surface area contributed by atoms with E-state index in [0.29, 0.717) is 0 Å². The zero-order valence-electron chi connectivity index (χ0n) is 6.85. The van der Waals surface area contributed by atoms with Crippen LogP contribution in [0.2, 0.25) is 5.02 Å². The molecule has 4 heteroatoms. The number of benzene rings is 1. The SMILES string of the molecule is NC1SC=CN1c1ccc(Cl)cc1. The van der Waals surface area contributed by atoms with Gasteiger partial charge in [0.1, 0.15) is 5.50 Å². The van der Waals surface area contributed by atoms with Gasteiger partial charge >= 0.3 is 0 Å². The second-order valence-corrected chi connectivity index (χ2v) is 4.16. The zero-order chi connectivity index (χ0) is 9.26. The van der Waals surface area contributed by atoms with Crippen molar-refractivity contribution in [2.45, 2.75) is 5.50 Å². The third-order valence-corrected chi connectivity index (χ3v) is 2.88. The largest absolute Gasteiger partial charge is 0.322 e. The maximum absolute atomic E-state index is 5.84. The van der Waals surface area contributed by atoms with Gasteiger partial charge in [-0.2, -0.15) is 0 Å². The summed E-state index contributed by atoms with van der Waals surface area (Å²) < 4.78 is 0. The van der Waals surface area contributed by atoms with E-state index in [1.165, 1.54) is 0 Å². The maximum atomic E-state index is 5.84. The summed E-state index contributed by atoms with van der Waals surface area (Å²) in [4.78, 5) is 2.00. The molecule has 0 radical (unpaired) electrons. The van der Waals surface area contributed by atoms with E-state index in [1.807, 2.05) is 40.8 Å². The monoisotopic (exact) mass is 212 g/mol. The molecule has 0 bridgehead atoms. The third kappa shape index (κ3) is 1.82. The Labute approximate surface area is 86.4 Å². The highest BCUT2D eigenvalue weighted by molar-refractivity contribution is 8.03. The van der Waals surface area contributed by atoms with Gasteiger partial charge in [0.15, 0.2) is 0 Å². The van der Waals surface area contributed by atoms with E-state index >= 15 is 0 Å². The molecule has 0 aromatic heterocycles. The number of rotatable bonds is 1. The van der Waals surface area contributed by atoms with Crippen LogP contribution in [0.15, 0.2) is 35.9 Å². The fourth-order valence-electron chi connectivity index (χ4n) is 1.18. The number of nitrogens with two attached hydrogens (primary N) is 1. The molecular formula is C9H9ClN2S. The minimum atomic E-state index is -0.0128. The minimum Gasteiger partial charge on any atom is -0.322 e. The smallest absolute Gasteiger partial charge is 0.133 e. The predicted octanol–water partition coefficient (Wildman–Crippen LogP) is 2.61. The van der Waals surface area contributed by atoms with Crippen LogP contribution in [0.5, 0.6) is 0 Å². The lowest BCUT2D eigenvalue weighted by atomic mass is 10.3. The number of anilines is 1. The van der Waals surface area contributed by atoms with Gasteiger partial charge in [-0.1, -0.05) is 23.4 Å². The van der Waals surface area contributed by atoms with Gasteiger partial charge in [0, 0.05) is 16.9 Å². The second kappa shape index (κ2) is 3.62. The average molecular weight is 213 g/mol. The Morgan fingerprint density at radius 2 is 2.00 bits per heavy atom. The highest BCUT2D eigenvalue weighted by Gasteiger charge is 2.16. The molecule has 2 N–H and O–H groups in total. The quantitative estimate of drug-likeness (QED) is 0.776. The summed E-state index contributed by atoms with van der Waals surface area (Å²) in [5.74, 6) is 0. The average Bonchev–Trinajstić information content (AvgIpc) is 2.53. The van der Waals surface area contributed by atoms with Crippen LogP contribution >= 0.6 is 23.4 Å². The van der Waals surface area contributed by atoms with Gasteiger partial charge in [-0.3, -0.25) is 0 Å². The molecule has 0 fully saturated rings. The molecule has 0 aliphatic carbocycles. The Balaban J connectivity index is 2.25. The van der Waals surface area contributed by atoms with Gasteiger partial charge in [-0.05, 0) is 29.7 Å². The fourth-order valence-corrected chi connectivity index (χ4v) is 1.99. The van der Waals surface area contributed by atoms with Crippen molar-refractivity contribution < 1.29 is 0 Å². The molecule has 0 amide bonds. The van der Waals surface area contributed by atoms with Gasteiger partial charge in [0.2, 0.25) is 0 Å². The first-order valence-corrected chi connectivity index (χ1v) is 5.21. The van der Waals surface area contributed by atoms with E-state index in [2.05, 4.69) is 0 Å². The summed E-state index contributed by atoms with van der Waals surface area (Å²) in [6.45, 7) is 0. The van der Waals surface area contributed by atoms with E-state index in [0.717, 1.165) is 10.7 Å². The highest BCUT2D eigenvalue weighted by Crippen LogP contribution is 2.28. The summed E-state index contributed by atoms with van der Waals surface area (Å²) in [5.41, 5.74) is 6.90. The molecule has 1 unspecified atom stereocenters. The first kappa shape index (κ1) is 8.94. The molecule has 1 aliphatic rings. The number of halogens is 1. The molecule has 2 rings (SSSR count). The van der Waals surface area contributed by atoms with Crippen LogP contribution in [0.1, 0.15) is 0 Å².